The summed E-state index contributed by atoms with van der Waals surface area (Å²) < 4.78 is 0. The van der Waals surface area contributed by atoms with Crippen LogP contribution in [0, 0.1) is 0 Å². The van der Waals surface area contributed by atoms with Gasteiger partial charge in [-0.1, -0.05) is 6.92 Å². The summed E-state index contributed by atoms with van der Waals surface area (Å²) in [6.07, 6.45) is 1.55. The first-order valence-electron chi connectivity index (χ1n) is 7.22. The minimum Gasteiger partial charge on any atom is -0.355 e. The normalized spacial score (nSPS) is 11.6. The second kappa shape index (κ2) is 10.3. The summed E-state index contributed by atoms with van der Waals surface area (Å²) in [5.41, 5.74) is 0. The summed E-state index contributed by atoms with van der Waals surface area (Å²) in [6.45, 7) is 14.5. The van der Waals surface area contributed by atoms with Crippen molar-refractivity contribution in [1.82, 2.24) is 15.5 Å². The van der Waals surface area contributed by atoms with Gasteiger partial charge in [0.15, 0.2) is 0 Å². The Morgan fingerprint density at radius 1 is 1.06 bits per heavy atom. The van der Waals surface area contributed by atoms with E-state index in [1.54, 1.807) is 0 Å². The molecule has 4 nitrogen and oxygen atoms in total. The van der Waals surface area contributed by atoms with Gasteiger partial charge in [0.25, 0.3) is 0 Å². The second-order valence-corrected chi connectivity index (χ2v) is 5.28. The fraction of sp³-hybridized carbons (Fsp3) is 0.929. The van der Waals surface area contributed by atoms with E-state index in [1.165, 1.54) is 0 Å². The van der Waals surface area contributed by atoms with E-state index in [0.29, 0.717) is 18.5 Å². The van der Waals surface area contributed by atoms with Crippen molar-refractivity contribution in [1.29, 1.82) is 0 Å². The second-order valence-electron chi connectivity index (χ2n) is 5.28. The Bertz CT molecular complexity index is 209. The maximum Gasteiger partial charge on any atom is 0.220 e. The smallest absolute Gasteiger partial charge is 0.220 e. The first-order valence-corrected chi connectivity index (χ1v) is 7.22. The molecule has 0 aromatic rings. The van der Waals surface area contributed by atoms with Crippen molar-refractivity contribution in [2.45, 2.75) is 59.5 Å². The number of carbonyl (C=O) groups is 1. The Kier molecular flexibility index (Phi) is 9.98. The van der Waals surface area contributed by atoms with E-state index >= 15 is 0 Å². The van der Waals surface area contributed by atoms with E-state index in [-0.39, 0.29) is 5.91 Å². The summed E-state index contributed by atoms with van der Waals surface area (Å²) in [7, 11) is 0. The minimum absolute atomic E-state index is 0.158. The lowest BCUT2D eigenvalue weighted by molar-refractivity contribution is -0.121. The first kappa shape index (κ1) is 17.4. The van der Waals surface area contributed by atoms with Crippen LogP contribution in [0.25, 0.3) is 0 Å². The van der Waals surface area contributed by atoms with Crippen LogP contribution in [0.1, 0.15) is 47.5 Å². The standard InChI is InChI=1S/C14H31N3O/c1-6-7-14(18)16-9-8-15-10-11-17(12(2)3)13(4)5/h12-13,15H,6-11H2,1-5H3,(H,16,18). The molecule has 108 valence electrons. The molecule has 0 aliphatic heterocycles. The molecule has 0 saturated carbocycles. The predicted molar refractivity (Wildman–Crippen MR) is 77.8 cm³/mol. The van der Waals surface area contributed by atoms with E-state index in [1.807, 2.05) is 6.92 Å². The highest BCUT2D eigenvalue weighted by Crippen LogP contribution is 2.02. The van der Waals surface area contributed by atoms with Gasteiger partial charge >= 0.3 is 0 Å². The lowest BCUT2D eigenvalue weighted by atomic mass is 10.2. The minimum atomic E-state index is 0.158. The van der Waals surface area contributed by atoms with Gasteiger partial charge in [-0.3, -0.25) is 9.69 Å². The first-order chi connectivity index (χ1) is 8.49. The predicted octanol–water partition coefficient (Wildman–Crippen LogP) is 1.61. The molecule has 0 saturated heterocycles. The monoisotopic (exact) mass is 257 g/mol. The number of amides is 1. The number of hydrogen-bond acceptors (Lipinski definition) is 3. The average Bonchev–Trinajstić information content (AvgIpc) is 2.27. The van der Waals surface area contributed by atoms with Crippen LogP contribution in [0.4, 0.5) is 0 Å². The summed E-state index contributed by atoms with van der Waals surface area (Å²) in [4.78, 5) is 13.7. The molecule has 0 aromatic heterocycles. The SMILES string of the molecule is CCCC(=O)NCCNCCN(C(C)C)C(C)C. The lowest BCUT2D eigenvalue weighted by Gasteiger charge is -2.30. The molecule has 18 heavy (non-hydrogen) atoms. The number of hydrogen-bond donors (Lipinski definition) is 2. The summed E-state index contributed by atoms with van der Waals surface area (Å²) in [5.74, 6) is 0.158. The van der Waals surface area contributed by atoms with Crippen molar-refractivity contribution in [3.05, 3.63) is 0 Å². The third kappa shape index (κ3) is 8.48. The molecule has 0 atom stereocenters. The molecule has 1 amide bonds. The highest BCUT2D eigenvalue weighted by Gasteiger charge is 2.11. The Hall–Kier alpha value is -0.610. The zero-order chi connectivity index (χ0) is 14.0. The number of nitrogens with zero attached hydrogens (tertiary/aromatic N) is 1. The fourth-order valence-electron chi connectivity index (χ4n) is 2.05. The molecule has 0 radical (unpaired) electrons. The summed E-state index contributed by atoms with van der Waals surface area (Å²) >= 11 is 0. The molecule has 0 unspecified atom stereocenters. The van der Waals surface area contributed by atoms with Crippen LogP contribution in [0.5, 0.6) is 0 Å². The van der Waals surface area contributed by atoms with Crippen LogP contribution in [-0.2, 0) is 4.79 Å². The van der Waals surface area contributed by atoms with Gasteiger partial charge in [-0.25, -0.2) is 0 Å². The molecule has 2 N–H and O–H groups in total. The molecular weight excluding hydrogens is 226 g/mol. The number of carbonyl (C=O) groups excluding carboxylic acids is 1. The fourth-order valence-corrected chi connectivity index (χ4v) is 2.05. The van der Waals surface area contributed by atoms with Gasteiger partial charge in [0.1, 0.15) is 0 Å². The van der Waals surface area contributed by atoms with Gasteiger partial charge in [-0.2, -0.15) is 0 Å². The number of nitrogens with one attached hydrogen (secondary N) is 2. The van der Waals surface area contributed by atoms with Crippen LogP contribution in [0.15, 0.2) is 0 Å². The molecule has 0 aromatic carbocycles. The van der Waals surface area contributed by atoms with Crippen molar-refractivity contribution >= 4 is 5.91 Å². The van der Waals surface area contributed by atoms with Gasteiger partial charge in [0.05, 0.1) is 0 Å². The maximum atomic E-state index is 11.2. The lowest BCUT2D eigenvalue weighted by Crippen LogP contribution is -2.42. The van der Waals surface area contributed by atoms with Crippen LogP contribution >= 0.6 is 0 Å². The van der Waals surface area contributed by atoms with E-state index in [9.17, 15) is 4.79 Å². The van der Waals surface area contributed by atoms with Crippen LogP contribution < -0.4 is 10.6 Å². The largest absolute Gasteiger partial charge is 0.355 e. The molecule has 0 rings (SSSR count). The molecule has 4 heteroatoms. The Morgan fingerprint density at radius 2 is 1.67 bits per heavy atom. The molecule has 0 bridgehead atoms. The van der Waals surface area contributed by atoms with Crippen molar-refractivity contribution in [2.75, 3.05) is 26.2 Å². The molecule has 0 heterocycles. The Morgan fingerprint density at radius 3 is 2.17 bits per heavy atom. The zero-order valence-corrected chi connectivity index (χ0v) is 12.8. The zero-order valence-electron chi connectivity index (χ0n) is 12.8. The highest BCUT2D eigenvalue weighted by atomic mass is 16.1. The Labute approximate surface area is 113 Å². The van der Waals surface area contributed by atoms with Gasteiger partial charge in [-0.15, -0.1) is 0 Å². The maximum absolute atomic E-state index is 11.2. The van der Waals surface area contributed by atoms with Gasteiger partial charge in [0.2, 0.25) is 5.91 Å². The van der Waals surface area contributed by atoms with E-state index in [2.05, 4.69) is 43.2 Å². The molecule has 0 aliphatic carbocycles. The van der Waals surface area contributed by atoms with Crippen molar-refractivity contribution in [3.63, 3.8) is 0 Å². The van der Waals surface area contributed by atoms with Gasteiger partial charge in [0, 0.05) is 44.7 Å². The van der Waals surface area contributed by atoms with E-state index in [0.717, 1.165) is 32.6 Å². The van der Waals surface area contributed by atoms with Crippen LogP contribution in [0.2, 0.25) is 0 Å². The summed E-state index contributed by atoms with van der Waals surface area (Å²) in [5, 5.41) is 6.27. The summed E-state index contributed by atoms with van der Waals surface area (Å²) in [6, 6.07) is 1.16. The van der Waals surface area contributed by atoms with Crippen molar-refractivity contribution in [3.8, 4) is 0 Å². The topological polar surface area (TPSA) is 44.4 Å². The third-order valence-corrected chi connectivity index (χ3v) is 2.97. The average molecular weight is 257 g/mol. The van der Waals surface area contributed by atoms with Gasteiger partial charge < -0.3 is 10.6 Å². The Balaban J connectivity index is 3.52. The van der Waals surface area contributed by atoms with E-state index < -0.39 is 0 Å². The van der Waals surface area contributed by atoms with Crippen molar-refractivity contribution < 1.29 is 4.79 Å². The molecule has 0 aliphatic rings. The van der Waals surface area contributed by atoms with Crippen LogP contribution in [0.3, 0.4) is 0 Å². The van der Waals surface area contributed by atoms with Crippen LogP contribution in [-0.4, -0.2) is 49.1 Å². The number of rotatable bonds is 10. The molecular formula is C14H31N3O. The molecule has 0 fully saturated rings. The molecule has 0 spiro atoms. The highest BCUT2D eigenvalue weighted by molar-refractivity contribution is 5.75. The third-order valence-electron chi connectivity index (χ3n) is 2.97. The quantitative estimate of drug-likeness (QED) is 0.584. The van der Waals surface area contributed by atoms with Gasteiger partial charge in [-0.05, 0) is 34.1 Å². The van der Waals surface area contributed by atoms with Crippen molar-refractivity contribution in [2.24, 2.45) is 0 Å². The van der Waals surface area contributed by atoms with E-state index in [4.69, 9.17) is 0 Å².